The number of aryl methyl sites for hydroxylation is 1. The second-order valence-corrected chi connectivity index (χ2v) is 11.0. The molecule has 2 aromatic carbocycles. The van der Waals surface area contributed by atoms with Gasteiger partial charge in [-0.15, -0.1) is 0 Å². The Kier molecular flexibility index (Phi) is 6.34. The Balaban J connectivity index is 1.60. The molecule has 0 N–H and O–H groups in total. The largest absolute Gasteiger partial charge is 0.304 e. The van der Waals surface area contributed by atoms with Crippen molar-refractivity contribution in [2.75, 3.05) is 33.2 Å². The SMILES string of the molecule is Cc1ccc(S(=O)(=O)n2cc(I)cc2-c2ccc(CN3CCN(C)CC3)cc2)cc1. The second kappa shape index (κ2) is 8.82. The first-order valence-electron chi connectivity index (χ1n) is 10.0. The highest BCUT2D eigenvalue weighted by molar-refractivity contribution is 14.1. The lowest BCUT2D eigenvalue weighted by atomic mass is 10.1. The summed E-state index contributed by atoms with van der Waals surface area (Å²) in [5, 5.41) is 0. The molecule has 5 nitrogen and oxygen atoms in total. The smallest absolute Gasteiger partial charge is 0.268 e. The van der Waals surface area contributed by atoms with Gasteiger partial charge in [-0.05, 0) is 65.9 Å². The van der Waals surface area contributed by atoms with E-state index < -0.39 is 10.0 Å². The monoisotopic (exact) mass is 535 g/mol. The number of hydrogen-bond donors (Lipinski definition) is 0. The molecule has 4 rings (SSSR count). The molecule has 0 spiro atoms. The van der Waals surface area contributed by atoms with Gasteiger partial charge < -0.3 is 4.90 Å². The van der Waals surface area contributed by atoms with Gasteiger partial charge >= 0.3 is 0 Å². The fourth-order valence-corrected chi connectivity index (χ4v) is 5.83. The summed E-state index contributed by atoms with van der Waals surface area (Å²) in [6, 6.07) is 17.2. The molecule has 1 saturated heterocycles. The molecule has 1 aliphatic rings. The first kappa shape index (κ1) is 21.5. The molecular weight excluding hydrogens is 509 g/mol. The third kappa shape index (κ3) is 4.64. The highest BCUT2D eigenvalue weighted by atomic mass is 127. The van der Waals surface area contributed by atoms with Gasteiger partial charge in [-0.1, -0.05) is 42.0 Å². The van der Waals surface area contributed by atoms with Crippen molar-refractivity contribution in [1.82, 2.24) is 13.8 Å². The lowest BCUT2D eigenvalue weighted by molar-refractivity contribution is 0.148. The number of hydrogen-bond acceptors (Lipinski definition) is 4. The fourth-order valence-electron chi connectivity index (χ4n) is 3.69. The van der Waals surface area contributed by atoms with Gasteiger partial charge in [0.05, 0.1) is 10.6 Å². The molecule has 0 bridgehead atoms. The van der Waals surface area contributed by atoms with Gasteiger partial charge in [-0.25, -0.2) is 12.4 Å². The maximum absolute atomic E-state index is 13.3. The molecule has 158 valence electrons. The Morgan fingerprint density at radius 3 is 2.20 bits per heavy atom. The Bertz CT molecular complexity index is 1110. The van der Waals surface area contributed by atoms with Gasteiger partial charge in [0.1, 0.15) is 0 Å². The van der Waals surface area contributed by atoms with Crippen molar-refractivity contribution in [2.45, 2.75) is 18.4 Å². The van der Waals surface area contributed by atoms with Crippen molar-refractivity contribution in [2.24, 2.45) is 0 Å². The van der Waals surface area contributed by atoms with Gasteiger partial charge in [0, 0.05) is 42.5 Å². The number of likely N-dealkylation sites (N-methyl/N-ethyl adjacent to an activating group) is 1. The standard InChI is InChI=1S/C23H26IN3O2S/c1-18-3-9-22(10-4-18)30(28,29)27-17-21(24)15-23(27)20-7-5-19(6-8-20)16-26-13-11-25(2)12-14-26/h3-10,15,17H,11-14,16H2,1-2H3. The van der Waals surface area contributed by atoms with Crippen LogP contribution in [0.15, 0.2) is 65.7 Å². The van der Waals surface area contributed by atoms with Crippen LogP contribution < -0.4 is 0 Å². The zero-order valence-corrected chi connectivity index (χ0v) is 20.2. The topological polar surface area (TPSA) is 45.6 Å². The summed E-state index contributed by atoms with van der Waals surface area (Å²) in [6.07, 6.45) is 1.68. The van der Waals surface area contributed by atoms with Gasteiger partial charge in [0.2, 0.25) is 0 Å². The number of nitrogens with zero attached hydrogens (tertiary/aromatic N) is 3. The summed E-state index contributed by atoms with van der Waals surface area (Å²) >= 11 is 2.17. The molecule has 7 heteroatoms. The third-order valence-corrected chi connectivity index (χ3v) is 7.86. The van der Waals surface area contributed by atoms with Crippen molar-refractivity contribution in [3.8, 4) is 11.3 Å². The molecule has 0 atom stereocenters. The van der Waals surface area contributed by atoms with E-state index >= 15 is 0 Å². The molecule has 3 aromatic rings. The minimum Gasteiger partial charge on any atom is -0.304 e. The Hall–Kier alpha value is -1.68. The van der Waals surface area contributed by atoms with Gasteiger partial charge in [0.25, 0.3) is 10.0 Å². The van der Waals surface area contributed by atoms with Crippen LogP contribution in [0.5, 0.6) is 0 Å². The molecule has 30 heavy (non-hydrogen) atoms. The predicted octanol–water partition coefficient (Wildman–Crippen LogP) is 4.05. The molecule has 0 unspecified atom stereocenters. The summed E-state index contributed by atoms with van der Waals surface area (Å²) < 4.78 is 28.8. The van der Waals surface area contributed by atoms with E-state index in [-0.39, 0.29) is 0 Å². The summed E-state index contributed by atoms with van der Waals surface area (Å²) in [5.41, 5.74) is 3.87. The minimum absolute atomic E-state index is 0.299. The van der Waals surface area contributed by atoms with Crippen molar-refractivity contribution in [3.05, 3.63) is 75.5 Å². The van der Waals surface area contributed by atoms with Crippen molar-refractivity contribution < 1.29 is 8.42 Å². The van der Waals surface area contributed by atoms with E-state index in [1.54, 1.807) is 18.3 Å². The lowest BCUT2D eigenvalue weighted by Gasteiger charge is -2.32. The van der Waals surface area contributed by atoms with Crippen LogP contribution in [0.25, 0.3) is 11.3 Å². The highest BCUT2D eigenvalue weighted by Gasteiger charge is 2.21. The van der Waals surface area contributed by atoms with Crippen LogP contribution in [0, 0.1) is 10.5 Å². The molecule has 0 radical (unpaired) electrons. The third-order valence-electron chi connectivity index (χ3n) is 5.58. The lowest BCUT2D eigenvalue weighted by Crippen LogP contribution is -2.43. The first-order chi connectivity index (χ1) is 14.3. The first-order valence-corrected chi connectivity index (χ1v) is 12.6. The predicted molar refractivity (Wildman–Crippen MR) is 129 cm³/mol. The van der Waals surface area contributed by atoms with Crippen LogP contribution in [0.1, 0.15) is 11.1 Å². The van der Waals surface area contributed by atoms with E-state index in [1.165, 1.54) is 9.54 Å². The number of benzene rings is 2. The Labute approximate surface area is 192 Å². The number of rotatable bonds is 5. The summed E-state index contributed by atoms with van der Waals surface area (Å²) in [7, 11) is -1.49. The highest BCUT2D eigenvalue weighted by Crippen LogP contribution is 2.28. The maximum atomic E-state index is 13.3. The Morgan fingerprint density at radius 1 is 0.933 bits per heavy atom. The molecule has 2 heterocycles. The van der Waals surface area contributed by atoms with Crippen LogP contribution in [0.4, 0.5) is 0 Å². The number of aromatic nitrogens is 1. The average Bonchev–Trinajstić information content (AvgIpc) is 3.13. The molecular formula is C23H26IN3O2S. The van der Waals surface area contributed by atoms with Crippen LogP contribution in [0.3, 0.4) is 0 Å². The zero-order chi connectivity index (χ0) is 21.3. The molecule has 0 amide bonds. The van der Waals surface area contributed by atoms with E-state index in [0.717, 1.165) is 47.4 Å². The average molecular weight is 535 g/mol. The van der Waals surface area contributed by atoms with Gasteiger partial charge in [-0.3, -0.25) is 4.90 Å². The second-order valence-electron chi connectivity index (χ2n) is 7.93. The minimum atomic E-state index is -3.65. The summed E-state index contributed by atoms with van der Waals surface area (Å²) in [4.78, 5) is 5.11. The van der Waals surface area contributed by atoms with Crippen molar-refractivity contribution >= 4 is 32.6 Å². The van der Waals surface area contributed by atoms with Crippen LogP contribution in [-0.4, -0.2) is 55.4 Å². The van der Waals surface area contributed by atoms with Crippen molar-refractivity contribution in [1.29, 1.82) is 0 Å². The molecule has 0 aliphatic carbocycles. The molecule has 1 aromatic heterocycles. The zero-order valence-electron chi connectivity index (χ0n) is 17.3. The quantitative estimate of drug-likeness (QED) is 0.463. The van der Waals surface area contributed by atoms with E-state index in [1.807, 2.05) is 37.3 Å². The maximum Gasteiger partial charge on any atom is 0.268 e. The number of halogens is 1. The Morgan fingerprint density at radius 2 is 1.57 bits per heavy atom. The summed E-state index contributed by atoms with van der Waals surface area (Å²) in [6.45, 7) is 7.22. The summed E-state index contributed by atoms with van der Waals surface area (Å²) in [5.74, 6) is 0. The van der Waals surface area contributed by atoms with Crippen LogP contribution in [0.2, 0.25) is 0 Å². The number of piperazine rings is 1. The van der Waals surface area contributed by atoms with Crippen LogP contribution >= 0.6 is 22.6 Å². The fraction of sp³-hybridized carbons (Fsp3) is 0.304. The van der Waals surface area contributed by atoms with Gasteiger partial charge in [-0.2, -0.15) is 0 Å². The van der Waals surface area contributed by atoms with Crippen LogP contribution in [-0.2, 0) is 16.6 Å². The molecule has 1 aliphatic heterocycles. The van der Waals surface area contributed by atoms with Crippen molar-refractivity contribution in [3.63, 3.8) is 0 Å². The normalized spacial score (nSPS) is 16.1. The van der Waals surface area contributed by atoms with Gasteiger partial charge in [0.15, 0.2) is 0 Å². The van der Waals surface area contributed by atoms with E-state index in [0.29, 0.717) is 10.6 Å². The van der Waals surface area contributed by atoms with E-state index in [4.69, 9.17) is 0 Å². The molecule has 0 saturated carbocycles. The molecule has 1 fully saturated rings. The van der Waals surface area contributed by atoms with E-state index in [9.17, 15) is 8.42 Å². The van der Waals surface area contributed by atoms with E-state index in [2.05, 4.69) is 51.6 Å².